The highest BCUT2D eigenvalue weighted by atomic mass is 19.1. The van der Waals surface area contributed by atoms with E-state index in [4.69, 9.17) is 5.10 Å². The number of piperidine rings is 1. The minimum absolute atomic E-state index is 0.0513. The summed E-state index contributed by atoms with van der Waals surface area (Å²) in [4.78, 5) is 57.5. The summed E-state index contributed by atoms with van der Waals surface area (Å²) >= 11 is 0. The molecule has 2 unspecified atom stereocenters. The Balaban J connectivity index is 0.870. The minimum atomic E-state index is -0.960. The number of fused-ring (bicyclic) bond motifs is 2. The molecule has 0 radical (unpaired) electrons. The number of halogens is 1. The molecule has 5 heterocycles. The first-order chi connectivity index (χ1) is 32.9. The maximum Gasteiger partial charge on any atom is 0.276 e. The zero-order chi connectivity index (χ0) is 47.2. The summed E-state index contributed by atoms with van der Waals surface area (Å²) in [7, 11) is 5.13. The number of hydrogen-bond donors (Lipinski definition) is 4. The van der Waals surface area contributed by atoms with Crippen molar-refractivity contribution in [3.05, 3.63) is 125 Å². The van der Waals surface area contributed by atoms with Crippen LogP contribution in [0.25, 0.3) is 44.1 Å². The molecule has 10 rings (SSSR count). The average Bonchev–Trinajstić information content (AvgIpc) is 4.05. The Bertz CT molecular complexity index is 3120. The molecule has 5 aromatic carbocycles. The second-order valence-corrected chi connectivity index (χ2v) is 17.9. The van der Waals surface area contributed by atoms with Gasteiger partial charge < -0.3 is 30.9 Å². The smallest absolute Gasteiger partial charge is 0.276 e. The monoisotopic (exact) mass is 916 g/mol. The zero-order valence-corrected chi connectivity index (χ0v) is 38.3. The minimum Gasteiger partial charge on any atom is -0.373 e. The van der Waals surface area contributed by atoms with Crippen molar-refractivity contribution in [1.82, 2.24) is 35.1 Å². The van der Waals surface area contributed by atoms with E-state index >= 15 is 4.39 Å². The molecular formula is C52H53FN10O5. The van der Waals surface area contributed by atoms with Crippen molar-refractivity contribution in [1.29, 1.82) is 0 Å². The van der Waals surface area contributed by atoms with Crippen LogP contribution in [-0.2, 0) is 30.1 Å². The van der Waals surface area contributed by atoms with Crippen LogP contribution in [0.15, 0.2) is 97.1 Å². The van der Waals surface area contributed by atoms with E-state index in [2.05, 4.69) is 67.2 Å². The molecule has 3 aliphatic heterocycles. The van der Waals surface area contributed by atoms with Crippen LogP contribution in [0.3, 0.4) is 0 Å². The summed E-state index contributed by atoms with van der Waals surface area (Å²) in [5, 5.41) is 29.1. The molecule has 3 saturated heterocycles. The number of amides is 4. The molecule has 2 atom stereocenters. The number of anilines is 3. The third-order valence-corrected chi connectivity index (χ3v) is 13.7. The van der Waals surface area contributed by atoms with Crippen molar-refractivity contribution in [3.63, 3.8) is 0 Å². The first kappa shape index (κ1) is 44.4. The lowest BCUT2D eigenvalue weighted by Gasteiger charge is -2.36. The normalized spacial score (nSPS) is 17.8. The molecule has 3 fully saturated rings. The van der Waals surface area contributed by atoms with Crippen molar-refractivity contribution in [2.24, 2.45) is 14.1 Å². The number of nitrogens with one attached hydrogen (secondary N) is 3. The fourth-order valence-electron chi connectivity index (χ4n) is 10.1. The lowest BCUT2D eigenvalue weighted by Crippen LogP contribution is -2.47. The van der Waals surface area contributed by atoms with E-state index in [1.807, 2.05) is 36.0 Å². The van der Waals surface area contributed by atoms with E-state index < -0.39 is 18.0 Å². The number of para-hydroxylation sites is 1. The first-order valence-corrected chi connectivity index (χ1v) is 23.2. The molecule has 2 aromatic heterocycles. The Kier molecular flexibility index (Phi) is 12.0. The predicted molar refractivity (Wildman–Crippen MR) is 260 cm³/mol. The highest BCUT2D eigenvalue weighted by molar-refractivity contribution is 6.12. The molecule has 348 valence electrons. The van der Waals surface area contributed by atoms with Crippen LogP contribution in [0, 0.1) is 5.82 Å². The number of rotatable bonds is 11. The second-order valence-electron chi connectivity index (χ2n) is 17.9. The molecular weight excluding hydrogens is 864 g/mol. The fraction of sp³-hybridized carbons (Fsp3) is 0.308. The van der Waals surface area contributed by atoms with E-state index in [0.29, 0.717) is 48.1 Å². The number of aryl methyl sites for hydroxylation is 2. The van der Waals surface area contributed by atoms with Gasteiger partial charge in [-0.25, -0.2) is 4.39 Å². The molecule has 15 nitrogen and oxygen atoms in total. The van der Waals surface area contributed by atoms with Gasteiger partial charge in [0, 0.05) is 107 Å². The van der Waals surface area contributed by atoms with E-state index in [9.17, 15) is 24.3 Å². The van der Waals surface area contributed by atoms with Gasteiger partial charge in [0.2, 0.25) is 11.8 Å². The Morgan fingerprint density at radius 2 is 1.60 bits per heavy atom. The fourth-order valence-corrected chi connectivity index (χ4v) is 10.1. The maximum absolute atomic E-state index is 17.2. The number of aliphatic hydroxyl groups excluding tert-OH is 1. The molecule has 68 heavy (non-hydrogen) atoms. The maximum atomic E-state index is 17.2. The van der Waals surface area contributed by atoms with E-state index in [0.717, 1.165) is 90.2 Å². The van der Waals surface area contributed by atoms with Gasteiger partial charge in [0.15, 0.2) is 5.69 Å². The Morgan fingerprint density at radius 3 is 2.35 bits per heavy atom. The molecule has 0 aliphatic carbocycles. The number of hydrogen-bond acceptors (Lipinski definition) is 9. The quantitative estimate of drug-likeness (QED) is 0.116. The number of carbonyl (C=O) groups excluding carboxylic acids is 4. The topological polar surface area (TPSA) is 170 Å². The van der Waals surface area contributed by atoms with Crippen molar-refractivity contribution >= 4 is 62.5 Å². The molecule has 4 N–H and O–H groups in total. The predicted octanol–water partition coefficient (Wildman–Crippen LogP) is 6.35. The van der Waals surface area contributed by atoms with Crippen LogP contribution in [0.4, 0.5) is 21.5 Å². The number of carbonyl (C=O) groups is 4. The van der Waals surface area contributed by atoms with E-state index in [-0.39, 0.29) is 40.3 Å². The van der Waals surface area contributed by atoms with Crippen LogP contribution in [0.1, 0.15) is 63.7 Å². The molecule has 16 heteroatoms. The molecule has 0 saturated carbocycles. The second kappa shape index (κ2) is 18.3. The summed E-state index contributed by atoms with van der Waals surface area (Å²) in [6.07, 6.45) is 2.03. The summed E-state index contributed by atoms with van der Waals surface area (Å²) in [6, 6.07) is 30.2. The number of benzene rings is 5. The summed E-state index contributed by atoms with van der Waals surface area (Å²) in [6.45, 7) is 4.96. The molecule has 4 amide bonds. The first-order valence-electron chi connectivity index (χ1n) is 23.2. The van der Waals surface area contributed by atoms with Crippen molar-refractivity contribution in [2.45, 2.75) is 44.2 Å². The van der Waals surface area contributed by atoms with Crippen molar-refractivity contribution < 1.29 is 28.7 Å². The van der Waals surface area contributed by atoms with Gasteiger partial charge in [-0.05, 0) is 90.0 Å². The average molecular weight is 917 g/mol. The third-order valence-electron chi connectivity index (χ3n) is 13.7. The van der Waals surface area contributed by atoms with E-state index in [1.165, 1.54) is 11.7 Å². The number of nitrogens with zero attached hydrogens (tertiary/aromatic N) is 7. The SMILES string of the molecule is CNC(=O)c1cccc(NC(=O)c2nn(C)c3ccc(-c4ccc(N5CCCC5=O)cc4-c4ccc(CCN5CCN(c6cccc7c(C8CCC(=O)NC8O)nn(C)c67)CC5)cc4)c(F)c23)c1. The number of piperazine rings is 1. The van der Waals surface area contributed by atoms with Crippen LogP contribution >= 0.6 is 0 Å². The van der Waals surface area contributed by atoms with Crippen LogP contribution in [-0.4, -0.2) is 106 Å². The Hall–Kier alpha value is -7.43. The standard InChI is InChI=1S/C52H53FN10O5/c1-54-50(66)33-7-4-8-34(29-33)55-52(68)48-45-41(59(2)58-48)20-18-37(46(45)53)36-17-16-35(63-23-6-11-44(63)65)30-40(36)32-14-12-31(13-15-32)22-24-61-25-27-62(28-26-61)42-10-5-9-38-47(57-60(3)49(38)42)39-19-21-43(64)56-51(39)67/h4-5,7-10,12-18,20,29-30,39,51,67H,6,11,19,21-28H2,1-3H3,(H,54,66)(H,55,68)(H,56,64). The summed E-state index contributed by atoms with van der Waals surface area (Å²) in [5.41, 5.74) is 8.45. The van der Waals surface area contributed by atoms with Gasteiger partial charge in [0.25, 0.3) is 11.8 Å². The van der Waals surface area contributed by atoms with Crippen LogP contribution < -0.4 is 25.8 Å². The van der Waals surface area contributed by atoms with Gasteiger partial charge in [0.1, 0.15) is 12.0 Å². The largest absolute Gasteiger partial charge is 0.373 e. The number of aliphatic hydroxyl groups is 1. The van der Waals surface area contributed by atoms with Crippen LogP contribution in [0.5, 0.6) is 0 Å². The summed E-state index contributed by atoms with van der Waals surface area (Å²) < 4.78 is 20.5. The van der Waals surface area contributed by atoms with Crippen LogP contribution in [0.2, 0.25) is 0 Å². The van der Waals surface area contributed by atoms with Gasteiger partial charge >= 0.3 is 0 Å². The van der Waals surface area contributed by atoms with Crippen molar-refractivity contribution in [3.8, 4) is 22.3 Å². The van der Waals surface area contributed by atoms with Crippen molar-refractivity contribution in [2.75, 3.05) is 61.4 Å². The van der Waals surface area contributed by atoms with E-state index in [1.54, 1.807) is 48.3 Å². The molecule has 0 bridgehead atoms. The highest BCUT2D eigenvalue weighted by Crippen LogP contribution is 2.41. The van der Waals surface area contributed by atoms with Gasteiger partial charge in [-0.3, -0.25) is 33.4 Å². The lowest BCUT2D eigenvalue weighted by atomic mass is 9.91. The highest BCUT2D eigenvalue weighted by Gasteiger charge is 2.33. The third kappa shape index (κ3) is 8.34. The lowest BCUT2D eigenvalue weighted by molar-refractivity contribution is -0.127. The summed E-state index contributed by atoms with van der Waals surface area (Å²) in [5.74, 6) is -1.87. The Morgan fingerprint density at radius 1 is 0.824 bits per heavy atom. The Labute approximate surface area is 392 Å². The molecule has 3 aliphatic rings. The molecule has 0 spiro atoms. The van der Waals surface area contributed by atoms with Gasteiger partial charge in [-0.1, -0.05) is 48.5 Å². The zero-order valence-electron chi connectivity index (χ0n) is 38.3. The molecule has 7 aromatic rings. The van der Waals surface area contributed by atoms with Gasteiger partial charge in [-0.15, -0.1) is 0 Å². The van der Waals surface area contributed by atoms with Gasteiger partial charge in [0.05, 0.1) is 27.8 Å². The van der Waals surface area contributed by atoms with Gasteiger partial charge in [-0.2, -0.15) is 10.2 Å². The number of aromatic nitrogens is 4.